The molecule has 1 aliphatic heterocycles. The van der Waals surface area contributed by atoms with E-state index in [1.165, 1.54) is 9.80 Å². The molecule has 0 unspecified atom stereocenters. The molecule has 5 nitrogen and oxygen atoms in total. The van der Waals surface area contributed by atoms with Crippen LogP contribution in [0.3, 0.4) is 0 Å². The van der Waals surface area contributed by atoms with Crippen molar-refractivity contribution in [2.45, 2.75) is 6.92 Å². The molecule has 0 fully saturated rings. The van der Waals surface area contributed by atoms with E-state index in [0.717, 1.165) is 11.4 Å². The highest BCUT2D eigenvalue weighted by Crippen LogP contribution is 2.33. The lowest BCUT2D eigenvalue weighted by molar-refractivity contribution is -0.120. The van der Waals surface area contributed by atoms with Gasteiger partial charge in [-0.05, 0) is 36.9 Å². The number of carbonyl (C=O) groups is 2. The molecule has 0 aromatic heterocycles. The van der Waals surface area contributed by atoms with Crippen LogP contribution in [0.4, 0.5) is 11.4 Å². The van der Waals surface area contributed by atoms with Crippen LogP contribution >= 0.6 is 0 Å². The van der Waals surface area contributed by atoms with Crippen LogP contribution in [0.15, 0.2) is 47.7 Å². The third-order valence-electron chi connectivity index (χ3n) is 3.66. The Kier molecular flexibility index (Phi) is 4.35. The van der Waals surface area contributed by atoms with E-state index in [0.29, 0.717) is 5.57 Å². The van der Waals surface area contributed by atoms with E-state index < -0.39 is 0 Å². The van der Waals surface area contributed by atoms with Crippen LogP contribution < -0.4 is 9.80 Å². The summed E-state index contributed by atoms with van der Waals surface area (Å²) >= 11 is 0. The standard InChI is InChI=1S/C17H21N3O2/c1-12(10-11-18(2)3)15-16(21)19(4)13-8-6-7-9-14(13)20(5)17(15)22/h6-11H,1-5H3/b11-10+. The molecular weight excluding hydrogens is 278 g/mol. The van der Waals surface area contributed by atoms with Crippen molar-refractivity contribution in [3.8, 4) is 0 Å². The first-order chi connectivity index (χ1) is 10.3. The molecule has 116 valence electrons. The average Bonchev–Trinajstić information content (AvgIpc) is 2.56. The first-order valence-corrected chi connectivity index (χ1v) is 7.05. The molecule has 0 radical (unpaired) electrons. The first kappa shape index (κ1) is 15.8. The topological polar surface area (TPSA) is 43.9 Å². The molecule has 0 N–H and O–H groups in total. The van der Waals surface area contributed by atoms with Crippen LogP contribution in [-0.2, 0) is 9.59 Å². The van der Waals surface area contributed by atoms with Crippen LogP contribution in [0.5, 0.6) is 0 Å². The minimum absolute atomic E-state index is 0.194. The molecule has 1 heterocycles. The largest absolute Gasteiger partial charge is 0.383 e. The van der Waals surface area contributed by atoms with E-state index in [2.05, 4.69) is 0 Å². The van der Waals surface area contributed by atoms with E-state index >= 15 is 0 Å². The van der Waals surface area contributed by atoms with E-state index in [9.17, 15) is 9.59 Å². The number of likely N-dealkylation sites (N-methyl/N-ethyl adjacent to an activating group) is 2. The number of anilines is 2. The van der Waals surface area contributed by atoms with E-state index in [1.807, 2.05) is 49.5 Å². The van der Waals surface area contributed by atoms with Crippen molar-refractivity contribution in [3.05, 3.63) is 47.7 Å². The van der Waals surface area contributed by atoms with Gasteiger partial charge in [0.2, 0.25) is 0 Å². The maximum absolute atomic E-state index is 12.7. The number of nitrogens with zero attached hydrogens (tertiary/aromatic N) is 3. The summed E-state index contributed by atoms with van der Waals surface area (Å²) in [4.78, 5) is 30.4. The average molecular weight is 299 g/mol. The Morgan fingerprint density at radius 2 is 1.45 bits per heavy atom. The van der Waals surface area contributed by atoms with Gasteiger partial charge in [0.25, 0.3) is 11.8 Å². The van der Waals surface area contributed by atoms with Gasteiger partial charge < -0.3 is 14.7 Å². The second kappa shape index (κ2) is 6.05. The molecule has 0 atom stereocenters. The molecule has 1 aliphatic rings. The zero-order valence-electron chi connectivity index (χ0n) is 13.6. The predicted octanol–water partition coefficient (Wildman–Crippen LogP) is 2.02. The van der Waals surface area contributed by atoms with Crippen LogP contribution in [0.25, 0.3) is 0 Å². The number of hydrogen-bond donors (Lipinski definition) is 0. The summed E-state index contributed by atoms with van der Waals surface area (Å²) in [5, 5.41) is 0. The number of allylic oxidation sites excluding steroid dienone is 2. The van der Waals surface area contributed by atoms with Crippen molar-refractivity contribution in [3.63, 3.8) is 0 Å². The number of rotatable bonds is 2. The zero-order chi connectivity index (χ0) is 16.4. The maximum atomic E-state index is 12.7. The minimum Gasteiger partial charge on any atom is -0.383 e. The summed E-state index contributed by atoms with van der Waals surface area (Å²) in [6.45, 7) is 1.78. The SMILES string of the molecule is CC(/C=C/N(C)C)=C1C(=O)N(C)c2ccccc2N(C)C1=O. The highest BCUT2D eigenvalue weighted by atomic mass is 16.2. The van der Waals surface area contributed by atoms with Crippen molar-refractivity contribution in [1.29, 1.82) is 0 Å². The maximum Gasteiger partial charge on any atom is 0.263 e. The monoisotopic (exact) mass is 299 g/mol. The highest BCUT2D eigenvalue weighted by Gasteiger charge is 2.33. The van der Waals surface area contributed by atoms with E-state index in [1.54, 1.807) is 27.1 Å². The summed E-state index contributed by atoms with van der Waals surface area (Å²) < 4.78 is 0. The summed E-state index contributed by atoms with van der Waals surface area (Å²) in [5.41, 5.74) is 2.29. The molecule has 0 aliphatic carbocycles. The lowest BCUT2D eigenvalue weighted by Gasteiger charge is -2.19. The van der Waals surface area contributed by atoms with Gasteiger partial charge in [0.15, 0.2) is 0 Å². The minimum atomic E-state index is -0.289. The van der Waals surface area contributed by atoms with Gasteiger partial charge in [-0.1, -0.05) is 12.1 Å². The Hall–Kier alpha value is -2.56. The third kappa shape index (κ3) is 2.74. The van der Waals surface area contributed by atoms with Crippen LogP contribution in [0.1, 0.15) is 6.92 Å². The molecule has 0 spiro atoms. The predicted molar refractivity (Wildman–Crippen MR) is 88.8 cm³/mol. The second-order valence-corrected chi connectivity index (χ2v) is 5.55. The summed E-state index contributed by atoms with van der Waals surface area (Å²) in [5.74, 6) is -0.578. The summed E-state index contributed by atoms with van der Waals surface area (Å²) in [6.07, 6.45) is 3.60. The fourth-order valence-electron chi connectivity index (χ4n) is 2.36. The van der Waals surface area contributed by atoms with Gasteiger partial charge in [-0.25, -0.2) is 0 Å². The smallest absolute Gasteiger partial charge is 0.263 e. The molecule has 2 rings (SSSR count). The Morgan fingerprint density at radius 3 is 1.86 bits per heavy atom. The molecule has 5 heteroatoms. The van der Waals surface area contributed by atoms with Crippen molar-refractivity contribution in [1.82, 2.24) is 4.90 Å². The fourth-order valence-corrected chi connectivity index (χ4v) is 2.36. The van der Waals surface area contributed by atoms with Crippen LogP contribution in [0.2, 0.25) is 0 Å². The van der Waals surface area contributed by atoms with Gasteiger partial charge in [0, 0.05) is 28.2 Å². The number of amides is 2. The zero-order valence-corrected chi connectivity index (χ0v) is 13.6. The third-order valence-corrected chi connectivity index (χ3v) is 3.66. The Balaban J connectivity index is 2.59. The van der Waals surface area contributed by atoms with Crippen molar-refractivity contribution >= 4 is 23.2 Å². The number of fused-ring (bicyclic) bond motifs is 1. The Morgan fingerprint density at radius 1 is 1.00 bits per heavy atom. The van der Waals surface area contributed by atoms with Crippen molar-refractivity contribution in [2.75, 3.05) is 38.0 Å². The van der Waals surface area contributed by atoms with Gasteiger partial charge in [-0.2, -0.15) is 0 Å². The molecular formula is C17H21N3O2. The number of carbonyl (C=O) groups excluding carboxylic acids is 2. The van der Waals surface area contributed by atoms with E-state index in [4.69, 9.17) is 0 Å². The number of para-hydroxylation sites is 2. The van der Waals surface area contributed by atoms with Crippen LogP contribution in [0, 0.1) is 0 Å². The normalized spacial score (nSPS) is 15.2. The molecule has 0 saturated carbocycles. The number of hydrogen-bond acceptors (Lipinski definition) is 3. The van der Waals surface area contributed by atoms with Gasteiger partial charge in [0.05, 0.1) is 11.4 Å². The highest BCUT2D eigenvalue weighted by molar-refractivity contribution is 6.30. The Labute approximate surface area is 131 Å². The number of benzene rings is 1. The van der Waals surface area contributed by atoms with Crippen molar-refractivity contribution in [2.24, 2.45) is 0 Å². The summed E-state index contributed by atoms with van der Waals surface area (Å²) in [7, 11) is 7.16. The van der Waals surface area contributed by atoms with Crippen LogP contribution in [-0.4, -0.2) is 44.9 Å². The van der Waals surface area contributed by atoms with Crippen molar-refractivity contribution < 1.29 is 9.59 Å². The van der Waals surface area contributed by atoms with Gasteiger partial charge in [0.1, 0.15) is 5.57 Å². The molecule has 2 amide bonds. The van der Waals surface area contributed by atoms with E-state index in [-0.39, 0.29) is 17.4 Å². The van der Waals surface area contributed by atoms with Gasteiger partial charge >= 0.3 is 0 Å². The van der Waals surface area contributed by atoms with Gasteiger partial charge in [-0.3, -0.25) is 9.59 Å². The molecule has 0 bridgehead atoms. The molecule has 1 aromatic rings. The fraction of sp³-hybridized carbons (Fsp3) is 0.294. The molecule has 22 heavy (non-hydrogen) atoms. The lowest BCUT2D eigenvalue weighted by atomic mass is 10.1. The summed E-state index contributed by atoms with van der Waals surface area (Å²) in [6, 6.07) is 7.39. The Bertz CT molecular complexity index is 631. The molecule has 1 aromatic carbocycles. The molecule has 0 saturated heterocycles. The lowest BCUT2D eigenvalue weighted by Crippen LogP contribution is -2.33. The first-order valence-electron chi connectivity index (χ1n) is 7.05. The quantitative estimate of drug-likeness (QED) is 0.620. The van der Waals surface area contributed by atoms with Gasteiger partial charge in [-0.15, -0.1) is 0 Å². The second-order valence-electron chi connectivity index (χ2n) is 5.55.